The van der Waals surface area contributed by atoms with Crippen LogP contribution in [0.2, 0.25) is 0 Å². The second kappa shape index (κ2) is 12.7. The highest BCUT2D eigenvalue weighted by Crippen LogP contribution is 2.43. The quantitative estimate of drug-likeness (QED) is 0.130. The van der Waals surface area contributed by atoms with Gasteiger partial charge < -0.3 is 10.7 Å². The molecule has 0 radical (unpaired) electrons. The number of nitrogens with one attached hydrogen (secondary N) is 1. The molecule has 0 bridgehead atoms. The van der Waals surface area contributed by atoms with Crippen LogP contribution in [0.5, 0.6) is 0 Å². The standard InChI is InChI=1S/C46H33N3S/c47-42(27-43(31-15-5-2-6-16-31)48-28-30-13-3-1-4-14-30)40-26-33(41-29-49-45-38-21-11-12-22-44(38)50-46(41)45)23-24-37(40)39-25-32-17-7-8-18-34(32)35-19-9-10-20-36(35)39/h1-27,29,49H,28,47H2/b42-27-,48-43?. The topological polar surface area (TPSA) is 54.2 Å². The van der Waals surface area contributed by atoms with Gasteiger partial charge >= 0.3 is 0 Å². The number of nitrogens with zero attached hydrogens (tertiary/aromatic N) is 1. The summed E-state index contributed by atoms with van der Waals surface area (Å²) in [6.45, 7) is 0.560. The van der Waals surface area contributed by atoms with Gasteiger partial charge in [-0.25, -0.2) is 0 Å². The molecule has 0 fully saturated rings. The first-order chi connectivity index (χ1) is 24.7. The van der Waals surface area contributed by atoms with Crippen molar-refractivity contribution in [2.75, 3.05) is 0 Å². The molecule has 238 valence electrons. The van der Waals surface area contributed by atoms with E-state index in [1.165, 1.54) is 47.4 Å². The predicted octanol–water partition coefficient (Wildman–Crippen LogP) is 12.0. The first-order valence-electron chi connectivity index (χ1n) is 16.9. The lowest BCUT2D eigenvalue weighted by Gasteiger charge is -2.17. The Kier molecular flexibility index (Phi) is 7.57. The first-order valence-corrected chi connectivity index (χ1v) is 17.7. The summed E-state index contributed by atoms with van der Waals surface area (Å²) in [5.74, 6) is 0. The van der Waals surface area contributed by atoms with Crippen molar-refractivity contribution in [2.45, 2.75) is 6.54 Å². The molecule has 2 heterocycles. The van der Waals surface area contributed by atoms with Gasteiger partial charge in [0.2, 0.25) is 0 Å². The summed E-state index contributed by atoms with van der Waals surface area (Å²) in [4.78, 5) is 8.70. The Morgan fingerprint density at radius 2 is 1.30 bits per heavy atom. The molecule has 2 aromatic heterocycles. The number of H-pyrrole nitrogens is 1. The van der Waals surface area contributed by atoms with E-state index in [0.29, 0.717) is 12.2 Å². The molecule has 0 aliphatic heterocycles. The third-order valence-electron chi connectivity index (χ3n) is 9.54. The molecule has 0 aliphatic carbocycles. The molecule has 7 aromatic carbocycles. The molecule has 0 unspecified atom stereocenters. The number of thiophene rings is 1. The van der Waals surface area contributed by atoms with Gasteiger partial charge in [0.15, 0.2) is 0 Å². The summed E-state index contributed by atoms with van der Waals surface area (Å²) in [6, 6.07) is 55.6. The van der Waals surface area contributed by atoms with Crippen molar-refractivity contribution >= 4 is 64.6 Å². The predicted molar refractivity (Wildman–Crippen MR) is 215 cm³/mol. The number of aromatic nitrogens is 1. The van der Waals surface area contributed by atoms with Crippen LogP contribution in [-0.4, -0.2) is 10.7 Å². The summed E-state index contributed by atoms with van der Waals surface area (Å²) in [6.07, 6.45) is 4.19. The lowest BCUT2D eigenvalue weighted by atomic mass is 9.88. The first kappa shape index (κ1) is 29.9. The molecular formula is C46H33N3S. The Morgan fingerprint density at radius 3 is 2.12 bits per heavy atom. The van der Waals surface area contributed by atoms with Crippen molar-refractivity contribution in [1.82, 2.24) is 4.98 Å². The zero-order chi connectivity index (χ0) is 33.4. The number of hydrogen-bond donors (Lipinski definition) is 2. The minimum atomic E-state index is 0.560. The van der Waals surface area contributed by atoms with Crippen LogP contribution in [0.15, 0.2) is 175 Å². The van der Waals surface area contributed by atoms with Crippen molar-refractivity contribution in [3.05, 3.63) is 187 Å². The van der Waals surface area contributed by atoms with Crippen molar-refractivity contribution in [2.24, 2.45) is 10.7 Å². The van der Waals surface area contributed by atoms with Crippen LogP contribution in [0.3, 0.4) is 0 Å². The third kappa shape index (κ3) is 5.36. The summed E-state index contributed by atoms with van der Waals surface area (Å²) in [5.41, 5.74) is 17.6. The molecule has 50 heavy (non-hydrogen) atoms. The van der Waals surface area contributed by atoms with Gasteiger partial charge in [-0.1, -0.05) is 140 Å². The van der Waals surface area contributed by atoms with Crippen molar-refractivity contribution in [3.8, 4) is 22.3 Å². The summed E-state index contributed by atoms with van der Waals surface area (Å²) in [7, 11) is 0. The average Bonchev–Trinajstić information content (AvgIpc) is 3.76. The number of hydrogen-bond acceptors (Lipinski definition) is 3. The van der Waals surface area contributed by atoms with Crippen LogP contribution in [0, 0.1) is 0 Å². The number of nitrogens with two attached hydrogens (primary N) is 1. The van der Waals surface area contributed by atoms with Crippen LogP contribution in [0.25, 0.3) is 69.8 Å². The van der Waals surface area contributed by atoms with E-state index < -0.39 is 0 Å². The Labute approximate surface area is 294 Å². The molecule has 9 aromatic rings. The fraction of sp³-hybridized carbons (Fsp3) is 0.0217. The second-order valence-electron chi connectivity index (χ2n) is 12.6. The lowest BCUT2D eigenvalue weighted by Crippen LogP contribution is -2.06. The van der Waals surface area contributed by atoms with Crippen LogP contribution in [0.4, 0.5) is 0 Å². The van der Waals surface area contributed by atoms with Gasteiger partial charge in [-0.05, 0) is 73.6 Å². The van der Waals surface area contributed by atoms with E-state index in [1.54, 1.807) is 0 Å². The van der Waals surface area contributed by atoms with Gasteiger partial charge in [0.25, 0.3) is 0 Å². The van der Waals surface area contributed by atoms with Crippen LogP contribution < -0.4 is 5.73 Å². The van der Waals surface area contributed by atoms with E-state index in [2.05, 4.69) is 151 Å². The summed E-state index contributed by atoms with van der Waals surface area (Å²) in [5, 5.41) is 6.12. The van der Waals surface area contributed by atoms with Crippen molar-refractivity contribution < 1.29 is 0 Å². The molecule has 0 saturated heterocycles. The Hall–Kier alpha value is -6.23. The lowest BCUT2D eigenvalue weighted by molar-refractivity contribution is 1.07. The fourth-order valence-electron chi connectivity index (χ4n) is 7.08. The summed E-state index contributed by atoms with van der Waals surface area (Å²) < 4.78 is 2.52. The smallest absolute Gasteiger partial charge is 0.0671 e. The van der Waals surface area contributed by atoms with Gasteiger partial charge in [0, 0.05) is 33.1 Å². The molecule has 0 amide bonds. The Bertz CT molecular complexity index is 2730. The maximum atomic E-state index is 7.27. The molecule has 9 rings (SSSR count). The van der Waals surface area contributed by atoms with Gasteiger partial charge in [0.1, 0.15) is 0 Å². The zero-order valence-electron chi connectivity index (χ0n) is 27.3. The van der Waals surface area contributed by atoms with E-state index >= 15 is 0 Å². The molecule has 3 nitrogen and oxygen atoms in total. The molecule has 4 heteroatoms. The SMILES string of the molecule is N/C(=C\C(=NCc1ccccc1)c1ccccc1)c1cc(-c2c[nH]c3c2sc2ccccc23)ccc1-c1cc2ccccc2c2ccccc12. The normalized spacial score (nSPS) is 12.4. The van der Waals surface area contributed by atoms with Gasteiger partial charge in [-0.15, -0.1) is 11.3 Å². The molecule has 0 aliphatic rings. The van der Waals surface area contributed by atoms with E-state index in [9.17, 15) is 0 Å². The monoisotopic (exact) mass is 659 g/mol. The fourth-order valence-corrected chi connectivity index (χ4v) is 8.28. The number of allylic oxidation sites excluding steroid dienone is 1. The molecule has 0 atom stereocenters. The van der Waals surface area contributed by atoms with E-state index in [0.717, 1.165) is 39.1 Å². The maximum Gasteiger partial charge on any atom is 0.0671 e. The van der Waals surface area contributed by atoms with Gasteiger partial charge in [0.05, 0.1) is 22.5 Å². The summed E-state index contributed by atoms with van der Waals surface area (Å²) >= 11 is 1.82. The van der Waals surface area contributed by atoms with Crippen LogP contribution in [-0.2, 0) is 6.54 Å². The van der Waals surface area contributed by atoms with Crippen molar-refractivity contribution in [3.63, 3.8) is 0 Å². The number of fused-ring (bicyclic) bond motifs is 6. The van der Waals surface area contributed by atoms with Crippen LogP contribution >= 0.6 is 11.3 Å². The molecule has 0 saturated carbocycles. The maximum absolute atomic E-state index is 7.27. The second-order valence-corrected chi connectivity index (χ2v) is 13.7. The minimum Gasteiger partial charge on any atom is -0.398 e. The Balaban J connectivity index is 1.27. The molecule has 3 N–H and O–H groups in total. The van der Waals surface area contributed by atoms with E-state index in [1.807, 2.05) is 35.6 Å². The highest BCUT2D eigenvalue weighted by molar-refractivity contribution is 7.26. The third-order valence-corrected chi connectivity index (χ3v) is 10.7. The average molecular weight is 660 g/mol. The number of aromatic amines is 1. The molecular weight excluding hydrogens is 627 g/mol. The number of aliphatic imine (C=N–C) groups is 1. The van der Waals surface area contributed by atoms with Gasteiger partial charge in [-0.2, -0.15) is 0 Å². The minimum absolute atomic E-state index is 0.560. The largest absolute Gasteiger partial charge is 0.398 e. The zero-order valence-corrected chi connectivity index (χ0v) is 28.1. The highest BCUT2D eigenvalue weighted by Gasteiger charge is 2.18. The van der Waals surface area contributed by atoms with Crippen LogP contribution in [0.1, 0.15) is 16.7 Å². The highest BCUT2D eigenvalue weighted by atomic mass is 32.1. The van der Waals surface area contributed by atoms with Crippen molar-refractivity contribution in [1.29, 1.82) is 0 Å². The number of rotatable bonds is 7. The van der Waals surface area contributed by atoms with E-state index in [4.69, 9.17) is 10.7 Å². The Morgan fingerprint density at radius 1 is 0.620 bits per heavy atom. The number of benzene rings is 7. The van der Waals surface area contributed by atoms with E-state index in [-0.39, 0.29) is 0 Å². The van der Waals surface area contributed by atoms with Gasteiger partial charge in [-0.3, -0.25) is 4.99 Å². The molecule has 0 spiro atoms.